The van der Waals surface area contributed by atoms with Gasteiger partial charge in [-0.05, 0) is 18.6 Å². The minimum atomic E-state index is -0.854. The molecular formula is C11H9ClFN3O2. The van der Waals surface area contributed by atoms with Crippen LogP contribution in [0.2, 0.25) is 5.02 Å². The molecular weight excluding hydrogens is 261 g/mol. The Balaban J connectivity index is 2.25. The van der Waals surface area contributed by atoms with E-state index in [0.717, 1.165) is 12.1 Å². The molecule has 2 rings (SSSR count). The van der Waals surface area contributed by atoms with Crippen LogP contribution in [-0.2, 0) is 6.54 Å². The average Bonchev–Trinajstić information content (AvgIpc) is 2.57. The fourth-order valence-electron chi connectivity index (χ4n) is 1.56. The van der Waals surface area contributed by atoms with E-state index in [-0.39, 0.29) is 0 Å². The lowest BCUT2D eigenvalue weighted by atomic mass is 10.2. The molecule has 0 unspecified atom stereocenters. The molecule has 5 nitrogen and oxygen atoms in total. The fourth-order valence-corrected chi connectivity index (χ4v) is 1.71. The average molecular weight is 270 g/mol. The lowest BCUT2D eigenvalue weighted by Crippen LogP contribution is -2.02. The molecule has 0 spiro atoms. The first-order valence-corrected chi connectivity index (χ1v) is 5.47. The van der Waals surface area contributed by atoms with E-state index in [1.165, 1.54) is 6.07 Å². The van der Waals surface area contributed by atoms with Gasteiger partial charge in [0.1, 0.15) is 0 Å². The van der Waals surface area contributed by atoms with Crippen molar-refractivity contribution >= 4 is 17.3 Å². The van der Waals surface area contributed by atoms with Crippen LogP contribution in [0.25, 0.3) is 0 Å². The number of rotatable bonds is 3. The number of benzene rings is 1. The van der Waals surface area contributed by atoms with Gasteiger partial charge in [0.2, 0.25) is 5.82 Å². The van der Waals surface area contributed by atoms with Crippen LogP contribution in [0.5, 0.6) is 0 Å². The van der Waals surface area contributed by atoms with Gasteiger partial charge in [0.05, 0.1) is 22.2 Å². The highest BCUT2D eigenvalue weighted by Gasteiger charge is 2.14. The monoisotopic (exact) mass is 269 g/mol. The lowest BCUT2D eigenvalue weighted by molar-refractivity contribution is -0.387. The molecule has 0 saturated heterocycles. The van der Waals surface area contributed by atoms with E-state index in [4.69, 9.17) is 11.6 Å². The zero-order valence-electron chi connectivity index (χ0n) is 9.43. The number of aryl methyl sites for hydroxylation is 1. The molecule has 18 heavy (non-hydrogen) atoms. The van der Waals surface area contributed by atoms with Gasteiger partial charge in [-0.15, -0.1) is 0 Å². The van der Waals surface area contributed by atoms with Crippen molar-refractivity contribution in [3.8, 4) is 0 Å². The second-order valence-electron chi connectivity index (χ2n) is 3.80. The third-order valence-electron chi connectivity index (χ3n) is 2.44. The first-order valence-electron chi connectivity index (χ1n) is 5.10. The molecule has 0 aliphatic carbocycles. The Kier molecular flexibility index (Phi) is 3.29. The van der Waals surface area contributed by atoms with Crippen molar-refractivity contribution in [3.05, 3.63) is 56.6 Å². The van der Waals surface area contributed by atoms with Crippen molar-refractivity contribution in [2.75, 3.05) is 0 Å². The molecule has 7 heteroatoms. The summed E-state index contributed by atoms with van der Waals surface area (Å²) in [5.74, 6) is -0.854. The van der Waals surface area contributed by atoms with Crippen LogP contribution in [0.3, 0.4) is 0 Å². The van der Waals surface area contributed by atoms with Gasteiger partial charge in [0.15, 0.2) is 0 Å². The summed E-state index contributed by atoms with van der Waals surface area (Å²) in [7, 11) is 0. The second kappa shape index (κ2) is 4.73. The van der Waals surface area contributed by atoms with E-state index in [0.29, 0.717) is 22.8 Å². The highest BCUT2D eigenvalue weighted by Crippen LogP contribution is 2.19. The zero-order chi connectivity index (χ0) is 13.3. The molecule has 94 valence electrons. The number of nitrogens with zero attached hydrogens (tertiary/aromatic N) is 3. The summed E-state index contributed by atoms with van der Waals surface area (Å²) >= 11 is 5.85. The molecule has 1 aromatic carbocycles. The van der Waals surface area contributed by atoms with Crippen molar-refractivity contribution in [1.82, 2.24) is 9.78 Å². The topological polar surface area (TPSA) is 61.0 Å². The molecule has 0 bridgehead atoms. The molecule has 0 amide bonds. The Hall–Kier alpha value is -1.95. The van der Waals surface area contributed by atoms with E-state index in [1.807, 2.05) is 0 Å². The van der Waals surface area contributed by atoms with Crippen molar-refractivity contribution in [1.29, 1.82) is 0 Å². The third-order valence-corrected chi connectivity index (χ3v) is 2.81. The van der Waals surface area contributed by atoms with Crippen LogP contribution in [0.15, 0.2) is 24.4 Å². The van der Waals surface area contributed by atoms with Crippen molar-refractivity contribution in [3.63, 3.8) is 0 Å². The van der Waals surface area contributed by atoms with Crippen LogP contribution in [-0.4, -0.2) is 14.7 Å². The Labute approximate surface area is 107 Å². The van der Waals surface area contributed by atoms with Gasteiger partial charge < -0.3 is 0 Å². The Morgan fingerprint density at radius 1 is 1.56 bits per heavy atom. The summed E-state index contributed by atoms with van der Waals surface area (Å²) in [5, 5.41) is 15.1. The maximum atomic E-state index is 13.4. The highest BCUT2D eigenvalue weighted by molar-refractivity contribution is 6.31. The van der Waals surface area contributed by atoms with Crippen LogP contribution in [0.1, 0.15) is 11.3 Å². The van der Waals surface area contributed by atoms with Gasteiger partial charge in [-0.2, -0.15) is 9.49 Å². The molecule has 0 radical (unpaired) electrons. The van der Waals surface area contributed by atoms with Crippen molar-refractivity contribution < 1.29 is 9.31 Å². The van der Waals surface area contributed by atoms with E-state index < -0.39 is 16.4 Å². The summed E-state index contributed by atoms with van der Waals surface area (Å²) in [6.07, 6.45) is 1.62. The molecule has 0 aliphatic heterocycles. The van der Waals surface area contributed by atoms with Gasteiger partial charge >= 0.3 is 5.69 Å². The number of nitro groups is 1. The normalized spacial score (nSPS) is 10.6. The molecule has 0 N–H and O–H groups in total. The van der Waals surface area contributed by atoms with Gasteiger partial charge in [0, 0.05) is 12.3 Å². The standard InChI is InChI=1S/C11H9ClFN3O2/c1-7-9(12)6-15(14-7)5-8-2-3-11(16(17)18)10(13)4-8/h2-4,6H,5H2,1H3. The SMILES string of the molecule is Cc1nn(Cc2ccc([N+](=O)[O-])c(F)c2)cc1Cl. The highest BCUT2D eigenvalue weighted by atomic mass is 35.5. The molecule has 0 atom stereocenters. The van der Waals surface area contributed by atoms with E-state index in [1.54, 1.807) is 17.8 Å². The largest absolute Gasteiger partial charge is 0.304 e. The maximum Gasteiger partial charge on any atom is 0.304 e. The van der Waals surface area contributed by atoms with E-state index >= 15 is 0 Å². The summed E-state index contributed by atoms with van der Waals surface area (Å²) in [4.78, 5) is 9.71. The maximum absolute atomic E-state index is 13.4. The summed E-state index contributed by atoms with van der Waals surface area (Å²) < 4.78 is 14.9. The molecule has 1 heterocycles. The van der Waals surface area contributed by atoms with Crippen molar-refractivity contribution in [2.24, 2.45) is 0 Å². The van der Waals surface area contributed by atoms with Gasteiger partial charge in [0.25, 0.3) is 0 Å². The number of halogens is 2. The molecule has 1 aromatic heterocycles. The number of nitro benzene ring substituents is 1. The third kappa shape index (κ3) is 2.48. The zero-order valence-corrected chi connectivity index (χ0v) is 10.2. The Bertz CT molecular complexity index is 593. The minimum absolute atomic E-state index is 0.308. The number of hydrogen-bond donors (Lipinski definition) is 0. The first-order chi connectivity index (χ1) is 8.47. The predicted molar refractivity (Wildman–Crippen MR) is 64.1 cm³/mol. The van der Waals surface area contributed by atoms with Gasteiger partial charge in [-0.25, -0.2) is 0 Å². The summed E-state index contributed by atoms with van der Waals surface area (Å²) in [6, 6.07) is 3.76. The van der Waals surface area contributed by atoms with Crippen LogP contribution >= 0.6 is 11.6 Å². The first kappa shape index (κ1) is 12.5. The Morgan fingerprint density at radius 3 is 2.78 bits per heavy atom. The smallest absolute Gasteiger partial charge is 0.267 e. The van der Waals surface area contributed by atoms with Crippen LogP contribution < -0.4 is 0 Å². The minimum Gasteiger partial charge on any atom is -0.267 e. The molecule has 0 aliphatic rings. The van der Waals surface area contributed by atoms with Gasteiger partial charge in [-0.3, -0.25) is 14.8 Å². The quantitative estimate of drug-likeness (QED) is 0.636. The van der Waals surface area contributed by atoms with E-state index in [2.05, 4.69) is 5.10 Å². The van der Waals surface area contributed by atoms with Gasteiger partial charge in [-0.1, -0.05) is 17.7 Å². The van der Waals surface area contributed by atoms with Crippen LogP contribution in [0, 0.1) is 22.9 Å². The predicted octanol–water partition coefficient (Wildman–Crippen LogP) is 2.94. The summed E-state index contributed by atoms with van der Waals surface area (Å²) in [5.41, 5.74) is 0.727. The lowest BCUT2D eigenvalue weighted by Gasteiger charge is -2.02. The molecule has 0 fully saturated rings. The van der Waals surface area contributed by atoms with Crippen molar-refractivity contribution in [2.45, 2.75) is 13.5 Å². The molecule has 0 saturated carbocycles. The Morgan fingerprint density at radius 2 is 2.28 bits per heavy atom. The van der Waals surface area contributed by atoms with Crippen LogP contribution in [0.4, 0.5) is 10.1 Å². The van der Waals surface area contributed by atoms with E-state index in [9.17, 15) is 14.5 Å². The fraction of sp³-hybridized carbons (Fsp3) is 0.182. The number of hydrogen-bond acceptors (Lipinski definition) is 3. The second-order valence-corrected chi connectivity index (χ2v) is 4.21. The number of aromatic nitrogens is 2. The molecule has 2 aromatic rings. The summed E-state index contributed by atoms with van der Waals surface area (Å²) in [6.45, 7) is 2.07.